The number of hydrogen-bond acceptors (Lipinski definition) is 5. The number of thiophene rings is 2. The molecule has 0 atom stereocenters. The standard InChI is InChI=1S/C14H20N2O2S3/c1-10(2)16(9-12-5-4-6-19-12)21(17,18)14-7-11(3)13(8-15)20-14/h4-7,10H,8-9,15H2,1-3H3. The number of hydrogen-bond donors (Lipinski definition) is 1. The molecule has 0 aliphatic heterocycles. The van der Waals surface area contributed by atoms with Crippen LogP contribution in [0.25, 0.3) is 0 Å². The van der Waals surface area contributed by atoms with Crippen LogP contribution in [-0.4, -0.2) is 18.8 Å². The molecule has 0 fully saturated rings. The second-order valence-corrected chi connectivity index (χ2v) is 9.39. The van der Waals surface area contributed by atoms with Crippen molar-refractivity contribution in [3.8, 4) is 0 Å². The van der Waals surface area contributed by atoms with E-state index in [9.17, 15) is 8.42 Å². The molecule has 7 heteroatoms. The molecule has 2 N–H and O–H groups in total. The molecule has 0 unspecified atom stereocenters. The fourth-order valence-electron chi connectivity index (χ4n) is 2.04. The Morgan fingerprint density at radius 2 is 2.10 bits per heavy atom. The van der Waals surface area contributed by atoms with Crippen LogP contribution < -0.4 is 5.73 Å². The van der Waals surface area contributed by atoms with Crippen LogP contribution >= 0.6 is 22.7 Å². The summed E-state index contributed by atoms with van der Waals surface area (Å²) >= 11 is 2.84. The van der Waals surface area contributed by atoms with Gasteiger partial charge >= 0.3 is 0 Å². The number of rotatable bonds is 6. The van der Waals surface area contributed by atoms with E-state index in [0.29, 0.717) is 17.3 Å². The molecule has 0 saturated carbocycles. The van der Waals surface area contributed by atoms with E-state index in [2.05, 4.69) is 0 Å². The third-order valence-electron chi connectivity index (χ3n) is 3.21. The Labute approximate surface area is 134 Å². The number of aryl methyl sites for hydroxylation is 1. The highest BCUT2D eigenvalue weighted by Gasteiger charge is 2.29. The van der Waals surface area contributed by atoms with Crippen LogP contribution in [-0.2, 0) is 23.1 Å². The quantitative estimate of drug-likeness (QED) is 0.875. The van der Waals surface area contributed by atoms with Gasteiger partial charge in [-0.25, -0.2) is 8.42 Å². The van der Waals surface area contributed by atoms with E-state index in [0.717, 1.165) is 15.3 Å². The lowest BCUT2D eigenvalue weighted by Gasteiger charge is -2.24. The van der Waals surface area contributed by atoms with Gasteiger partial charge in [0.05, 0.1) is 0 Å². The Morgan fingerprint density at radius 3 is 2.57 bits per heavy atom. The summed E-state index contributed by atoms with van der Waals surface area (Å²) in [7, 11) is -3.49. The van der Waals surface area contributed by atoms with E-state index < -0.39 is 10.0 Å². The lowest BCUT2D eigenvalue weighted by Crippen LogP contribution is -2.35. The van der Waals surface area contributed by atoms with Gasteiger partial charge in [0.15, 0.2) is 0 Å². The SMILES string of the molecule is Cc1cc(S(=O)(=O)N(Cc2cccs2)C(C)C)sc1CN. The number of nitrogens with two attached hydrogens (primary N) is 1. The molecule has 2 aromatic heterocycles. The number of sulfonamides is 1. The van der Waals surface area contributed by atoms with Crippen LogP contribution in [0.1, 0.15) is 29.2 Å². The maximum absolute atomic E-state index is 12.9. The van der Waals surface area contributed by atoms with Crippen molar-refractivity contribution in [2.75, 3.05) is 0 Å². The van der Waals surface area contributed by atoms with E-state index >= 15 is 0 Å². The first-order chi connectivity index (χ1) is 9.86. The summed E-state index contributed by atoms with van der Waals surface area (Å²) < 4.78 is 27.7. The van der Waals surface area contributed by atoms with Crippen LogP contribution in [0.15, 0.2) is 27.8 Å². The summed E-state index contributed by atoms with van der Waals surface area (Å²) in [5.41, 5.74) is 6.60. The fourth-order valence-corrected chi connectivity index (χ4v) is 6.03. The molecule has 0 radical (unpaired) electrons. The molecule has 2 aromatic rings. The largest absolute Gasteiger partial charge is 0.326 e. The summed E-state index contributed by atoms with van der Waals surface area (Å²) in [5, 5.41) is 1.96. The Morgan fingerprint density at radius 1 is 1.38 bits per heavy atom. The summed E-state index contributed by atoms with van der Waals surface area (Å²) in [6.07, 6.45) is 0. The first-order valence-corrected chi connectivity index (χ1v) is 9.83. The minimum absolute atomic E-state index is 0.0965. The van der Waals surface area contributed by atoms with Crippen molar-refractivity contribution < 1.29 is 8.42 Å². The van der Waals surface area contributed by atoms with Crippen LogP contribution in [0.4, 0.5) is 0 Å². The zero-order valence-corrected chi connectivity index (χ0v) is 14.8. The van der Waals surface area contributed by atoms with Crippen molar-refractivity contribution in [2.45, 2.75) is 44.1 Å². The third kappa shape index (κ3) is 3.54. The molecule has 2 heterocycles. The van der Waals surface area contributed by atoms with E-state index in [1.807, 2.05) is 38.3 Å². The Bertz CT molecular complexity index is 688. The van der Waals surface area contributed by atoms with Gasteiger partial charge in [-0.1, -0.05) is 6.07 Å². The van der Waals surface area contributed by atoms with Gasteiger partial charge in [-0.05, 0) is 43.8 Å². The molecule has 0 amide bonds. The maximum atomic E-state index is 12.9. The van der Waals surface area contributed by atoms with Crippen molar-refractivity contribution in [3.05, 3.63) is 38.9 Å². The minimum Gasteiger partial charge on any atom is -0.326 e. The Hall–Kier alpha value is -0.730. The van der Waals surface area contributed by atoms with Gasteiger partial charge < -0.3 is 5.73 Å². The maximum Gasteiger partial charge on any atom is 0.253 e. The monoisotopic (exact) mass is 344 g/mol. The van der Waals surface area contributed by atoms with Crippen LogP contribution in [0.5, 0.6) is 0 Å². The van der Waals surface area contributed by atoms with E-state index in [1.165, 1.54) is 11.3 Å². The Kier molecular flexibility index (Phi) is 5.21. The number of nitrogens with zero attached hydrogens (tertiary/aromatic N) is 1. The molecule has 0 aromatic carbocycles. The fraction of sp³-hybridized carbons (Fsp3) is 0.429. The Balaban J connectivity index is 2.37. The normalized spacial score (nSPS) is 12.5. The second kappa shape index (κ2) is 6.58. The average molecular weight is 345 g/mol. The summed E-state index contributed by atoms with van der Waals surface area (Å²) in [6, 6.07) is 5.53. The molecule has 4 nitrogen and oxygen atoms in total. The average Bonchev–Trinajstić information content (AvgIpc) is 3.04. The second-order valence-electron chi connectivity index (χ2n) is 5.10. The molecular formula is C14H20N2O2S3. The van der Waals surface area contributed by atoms with Crippen molar-refractivity contribution in [1.82, 2.24) is 4.31 Å². The highest BCUT2D eigenvalue weighted by molar-refractivity contribution is 7.91. The van der Waals surface area contributed by atoms with Crippen molar-refractivity contribution in [1.29, 1.82) is 0 Å². The predicted molar refractivity (Wildman–Crippen MR) is 89.1 cm³/mol. The molecule has 0 bridgehead atoms. The van der Waals surface area contributed by atoms with Crippen molar-refractivity contribution >= 4 is 32.7 Å². The molecule has 0 aliphatic carbocycles. The lowest BCUT2D eigenvalue weighted by molar-refractivity contribution is 0.351. The molecule has 2 rings (SSSR count). The van der Waals surface area contributed by atoms with Gasteiger partial charge in [0.1, 0.15) is 4.21 Å². The van der Waals surface area contributed by atoms with Gasteiger partial charge in [-0.3, -0.25) is 0 Å². The van der Waals surface area contributed by atoms with Crippen LogP contribution in [0.3, 0.4) is 0 Å². The molecule has 21 heavy (non-hydrogen) atoms. The van der Waals surface area contributed by atoms with Gasteiger partial charge in [0.2, 0.25) is 0 Å². The molecule has 0 aliphatic rings. The minimum atomic E-state index is -3.49. The molecular weight excluding hydrogens is 324 g/mol. The molecule has 0 saturated heterocycles. The van der Waals surface area contributed by atoms with Crippen LogP contribution in [0.2, 0.25) is 0 Å². The van der Waals surface area contributed by atoms with Gasteiger partial charge in [-0.2, -0.15) is 4.31 Å². The first kappa shape index (κ1) is 16.6. The highest BCUT2D eigenvalue weighted by Crippen LogP contribution is 2.30. The summed E-state index contributed by atoms with van der Waals surface area (Å²) in [5.74, 6) is 0. The summed E-state index contributed by atoms with van der Waals surface area (Å²) in [6.45, 7) is 6.48. The van der Waals surface area contributed by atoms with Crippen molar-refractivity contribution in [3.63, 3.8) is 0 Å². The van der Waals surface area contributed by atoms with Crippen LogP contribution in [0, 0.1) is 6.92 Å². The smallest absolute Gasteiger partial charge is 0.253 e. The predicted octanol–water partition coefficient (Wildman–Crippen LogP) is 3.18. The topological polar surface area (TPSA) is 63.4 Å². The van der Waals surface area contributed by atoms with E-state index in [4.69, 9.17) is 5.73 Å². The van der Waals surface area contributed by atoms with E-state index in [1.54, 1.807) is 21.7 Å². The van der Waals surface area contributed by atoms with Gasteiger partial charge in [0.25, 0.3) is 10.0 Å². The summed E-state index contributed by atoms with van der Waals surface area (Å²) in [4.78, 5) is 1.97. The van der Waals surface area contributed by atoms with Crippen molar-refractivity contribution in [2.24, 2.45) is 5.73 Å². The molecule has 0 spiro atoms. The van der Waals surface area contributed by atoms with E-state index in [-0.39, 0.29) is 6.04 Å². The lowest BCUT2D eigenvalue weighted by atomic mass is 10.3. The zero-order chi connectivity index (χ0) is 15.6. The highest BCUT2D eigenvalue weighted by atomic mass is 32.2. The van der Waals surface area contributed by atoms with Gasteiger partial charge in [-0.15, -0.1) is 22.7 Å². The zero-order valence-electron chi connectivity index (χ0n) is 12.4. The molecule has 116 valence electrons. The third-order valence-corrected chi connectivity index (χ3v) is 7.81. The van der Waals surface area contributed by atoms with Gasteiger partial charge in [0, 0.05) is 28.9 Å². The first-order valence-electron chi connectivity index (χ1n) is 6.70.